The number of esters is 1. The summed E-state index contributed by atoms with van der Waals surface area (Å²) in [5.74, 6) is -1.64. The molecule has 19 heavy (non-hydrogen) atoms. The number of carbonyl (C=O) groups excluding carboxylic acids is 2. The van der Waals surface area contributed by atoms with Gasteiger partial charge in [0.25, 0.3) is 11.6 Å². The fourth-order valence-electron chi connectivity index (χ4n) is 1.25. The van der Waals surface area contributed by atoms with E-state index in [0.717, 1.165) is 6.07 Å². The first-order chi connectivity index (χ1) is 8.86. The maximum absolute atomic E-state index is 11.8. The number of rotatable bonds is 5. The number of nitrogens with two attached hydrogens (primary N) is 1. The van der Waals surface area contributed by atoms with Crippen LogP contribution in [0.5, 0.6) is 5.75 Å². The molecule has 1 atom stereocenters. The Labute approximate surface area is 108 Å². The monoisotopic (exact) mass is 268 g/mol. The summed E-state index contributed by atoms with van der Waals surface area (Å²) < 4.78 is 9.66. The van der Waals surface area contributed by atoms with Gasteiger partial charge in [-0.25, -0.2) is 4.79 Å². The number of nitro groups is 1. The average molecular weight is 268 g/mol. The van der Waals surface area contributed by atoms with Crippen LogP contribution in [0.4, 0.5) is 5.69 Å². The summed E-state index contributed by atoms with van der Waals surface area (Å²) in [7, 11) is 1.30. The predicted octanol–water partition coefficient (Wildman–Crippen LogP) is 0.634. The largest absolute Gasteiger partial charge is 0.496 e. The van der Waals surface area contributed by atoms with Crippen molar-refractivity contribution in [1.29, 1.82) is 0 Å². The van der Waals surface area contributed by atoms with Crippen LogP contribution in [0.1, 0.15) is 17.3 Å². The molecule has 0 aliphatic carbocycles. The summed E-state index contributed by atoms with van der Waals surface area (Å²) in [5.41, 5.74) is 4.51. The first-order valence-electron chi connectivity index (χ1n) is 5.19. The van der Waals surface area contributed by atoms with E-state index >= 15 is 0 Å². The average Bonchev–Trinajstić information content (AvgIpc) is 2.37. The van der Waals surface area contributed by atoms with E-state index in [1.807, 2.05) is 0 Å². The van der Waals surface area contributed by atoms with Gasteiger partial charge in [0.1, 0.15) is 11.3 Å². The van der Waals surface area contributed by atoms with Gasteiger partial charge in [-0.15, -0.1) is 0 Å². The van der Waals surface area contributed by atoms with Crippen molar-refractivity contribution >= 4 is 17.6 Å². The number of non-ortho nitro benzene ring substituents is 1. The van der Waals surface area contributed by atoms with Crippen molar-refractivity contribution in [2.45, 2.75) is 13.0 Å². The third-order valence-electron chi connectivity index (χ3n) is 2.30. The normalized spacial score (nSPS) is 11.5. The van der Waals surface area contributed by atoms with E-state index in [0.29, 0.717) is 0 Å². The molecule has 0 bridgehead atoms. The zero-order chi connectivity index (χ0) is 14.6. The third-order valence-corrected chi connectivity index (χ3v) is 2.30. The molecule has 0 heterocycles. The summed E-state index contributed by atoms with van der Waals surface area (Å²) in [5, 5.41) is 10.6. The number of nitrogens with zero attached hydrogens (tertiary/aromatic N) is 1. The summed E-state index contributed by atoms with van der Waals surface area (Å²) in [6.07, 6.45) is -1.14. The number of hydrogen-bond donors (Lipinski definition) is 1. The molecule has 0 fully saturated rings. The number of benzene rings is 1. The van der Waals surface area contributed by atoms with Crippen molar-refractivity contribution < 1.29 is 24.0 Å². The lowest BCUT2D eigenvalue weighted by atomic mass is 10.2. The molecule has 0 spiro atoms. The zero-order valence-electron chi connectivity index (χ0n) is 10.3. The Balaban J connectivity index is 3.09. The molecule has 2 N–H and O–H groups in total. The Kier molecular flexibility index (Phi) is 4.41. The minimum Gasteiger partial charge on any atom is -0.496 e. The predicted molar refractivity (Wildman–Crippen MR) is 63.7 cm³/mol. The van der Waals surface area contributed by atoms with Gasteiger partial charge in [-0.2, -0.15) is 0 Å². The van der Waals surface area contributed by atoms with Crippen molar-refractivity contribution in [2.75, 3.05) is 7.11 Å². The molecule has 0 radical (unpaired) electrons. The molecule has 0 aliphatic heterocycles. The van der Waals surface area contributed by atoms with Crippen LogP contribution < -0.4 is 10.5 Å². The van der Waals surface area contributed by atoms with E-state index in [-0.39, 0.29) is 17.0 Å². The molecule has 102 valence electrons. The molecule has 1 aromatic rings. The molecule has 0 unspecified atom stereocenters. The lowest BCUT2D eigenvalue weighted by Gasteiger charge is -2.11. The van der Waals surface area contributed by atoms with Crippen LogP contribution in [0, 0.1) is 10.1 Å². The van der Waals surface area contributed by atoms with E-state index < -0.39 is 22.9 Å². The van der Waals surface area contributed by atoms with E-state index in [2.05, 4.69) is 0 Å². The van der Waals surface area contributed by atoms with Gasteiger partial charge in [-0.05, 0) is 13.0 Å². The Morgan fingerprint density at radius 2 is 2.05 bits per heavy atom. The molecule has 1 aromatic carbocycles. The first-order valence-corrected chi connectivity index (χ1v) is 5.19. The van der Waals surface area contributed by atoms with Crippen LogP contribution in [0.2, 0.25) is 0 Å². The smallest absolute Gasteiger partial charge is 0.342 e. The van der Waals surface area contributed by atoms with Gasteiger partial charge >= 0.3 is 5.97 Å². The lowest BCUT2D eigenvalue weighted by Crippen LogP contribution is -2.30. The van der Waals surface area contributed by atoms with Gasteiger partial charge < -0.3 is 15.2 Å². The van der Waals surface area contributed by atoms with Gasteiger partial charge in [-0.1, -0.05) is 0 Å². The maximum Gasteiger partial charge on any atom is 0.342 e. The van der Waals surface area contributed by atoms with Crippen LogP contribution in [-0.4, -0.2) is 30.0 Å². The highest BCUT2D eigenvalue weighted by Gasteiger charge is 2.22. The van der Waals surface area contributed by atoms with E-state index in [1.54, 1.807) is 0 Å². The number of methoxy groups -OCH3 is 1. The standard InChI is InChI=1S/C11H12N2O6/c1-6(10(12)14)19-11(15)8-5-7(13(16)17)3-4-9(8)18-2/h3-6H,1-2H3,(H2,12,14)/t6-/m1/s1. The molecule has 0 saturated carbocycles. The molecule has 0 aromatic heterocycles. The zero-order valence-corrected chi connectivity index (χ0v) is 10.3. The Bertz CT molecular complexity index is 528. The summed E-state index contributed by atoms with van der Waals surface area (Å²) in [6.45, 7) is 1.30. The first kappa shape index (κ1) is 14.4. The van der Waals surface area contributed by atoms with Crippen LogP contribution >= 0.6 is 0 Å². The van der Waals surface area contributed by atoms with E-state index in [9.17, 15) is 19.7 Å². The quantitative estimate of drug-likeness (QED) is 0.475. The highest BCUT2D eigenvalue weighted by Crippen LogP contribution is 2.25. The molecule has 1 amide bonds. The highest BCUT2D eigenvalue weighted by molar-refractivity contribution is 5.95. The second-order valence-corrected chi connectivity index (χ2v) is 3.59. The number of hydrogen-bond acceptors (Lipinski definition) is 6. The maximum atomic E-state index is 11.8. The minimum atomic E-state index is -1.14. The van der Waals surface area contributed by atoms with E-state index in [4.69, 9.17) is 15.2 Å². The van der Waals surface area contributed by atoms with E-state index in [1.165, 1.54) is 26.2 Å². The molecule has 8 nitrogen and oxygen atoms in total. The molecule has 0 saturated heterocycles. The van der Waals surface area contributed by atoms with Crippen LogP contribution in [0.3, 0.4) is 0 Å². The molecule has 8 heteroatoms. The molecular weight excluding hydrogens is 256 g/mol. The van der Waals surface area contributed by atoms with Gasteiger partial charge in [0.2, 0.25) is 0 Å². The number of primary amides is 1. The van der Waals surface area contributed by atoms with Crippen molar-refractivity contribution in [1.82, 2.24) is 0 Å². The number of ether oxygens (including phenoxy) is 2. The Morgan fingerprint density at radius 3 is 2.53 bits per heavy atom. The summed E-state index contributed by atoms with van der Waals surface area (Å²) in [4.78, 5) is 32.6. The second kappa shape index (κ2) is 5.80. The van der Waals surface area contributed by atoms with Crippen molar-refractivity contribution in [3.8, 4) is 5.75 Å². The van der Waals surface area contributed by atoms with Crippen molar-refractivity contribution in [2.24, 2.45) is 5.73 Å². The minimum absolute atomic E-state index is 0.104. The topological polar surface area (TPSA) is 122 Å². The van der Waals surface area contributed by atoms with Crippen LogP contribution in [0.15, 0.2) is 18.2 Å². The van der Waals surface area contributed by atoms with Crippen molar-refractivity contribution in [3.05, 3.63) is 33.9 Å². The van der Waals surface area contributed by atoms with Crippen LogP contribution in [-0.2, 0) is 9.53 Å². The number of nitro benzene ring substituents is 1. The van der Waals surface area contributed by atoms with Crippen LogP contribution in [0.25, 0.3) is 0 Å². The van der Waals surface area contributed by atoms with Crippen molar-refractivity contribution in [3.63, 3.8) is 0 Å². The fraction of sp³-hybridized carbons (Fsp3) is 0.273. The fourth-order valence-corrected chi connectivity index (χ4v) is 1.25. The Morgan fingerprint density at radius 1 is 1.42 bits per heavy atom. The van der Waals surface area contributed by atoms with Gasteiger partial charge in [0.15, 0.2) is 6.10 Å². The number of carbonyl (C=O) groups is 2. The summed E-state index contributed by atoms with van der Waals surface area (Å²) in [6, 6.07) is 3.46. The SMILES string of the molecule is COc1ccc([N+](=O)[O-])cc1C(=O)O[C@H](C)C(N)=O. The van der Waals surface area contributed by atoms with Gasteiger partial charge in [0, 0.05) is 12.1 Å². The summed E-state index contributed by atoms with van der Waals surface area (Å²) >= 11 is 0. The second-order valence-electron chi connectivity index (χ2n) is 3.59. The van der Waals surface area contributed by atoms with Gasteiger partial charge in [-0.3, -0.25) is 14.9 Å². The molecule has 1 rings (SSSR count). The third kappa shape index (κ3) is 3.41. The lowest BCUT2D eigenvalue weighted by molar-refractivity contribution is -0.384. The molecule has 0 aliphatic rings. The highest BCUT2D eigenvalue weighted by atomic mass is 16.6. The molecular formula is C11H12N2O6. The van der Waals surface area contributed by atoms with Gasteiger partial charge in [0.05, 0.1) is 12.0 Å². The Hall–Kier alpha value is -2.64. The number of amides is 1.